The number of rotatable bonds is 10. The molecule has 1 aromatic rings. The van der Waals surface area contributed by atoms with Gasteiger partial charge in [0.15, 0.2) is 0 Å². The summed E-state index contributed by atoms with van der Waals surface area (Å²) in [6.07, 6.45) is -0.457. The van der Waals surface area contributed by atoms with Crippen molar-refractivity contribution in [3.63, 3.8) is 0 Å². The van der Waals surface area contributed by atoms with Crippen LogP contribution in [0.5, 0.6) is 0 Å². The van der Waals surface area contributed by atoms with E-state index in [-0.39, 0.29) is 37.3 Å². The first kappa shape index (κ1) is 24.2. The molecule has 0 saturated heterocycles. The van der Waals surface area contributed by atoms with Crippen LogP contribution in [0.2, 0.25) is 0 Å². The van der Waals surface area contributed by atoms with E-state index in [1.807, 2.05) is 0 Å². The van der Waals surface area contributed by atoms with Crippen LogP contribution in [0.3, 0.4) is 0 Å². The van der Waals surface area contributed by atoms with Gasteiger partial charge in [-0.1, -0.05) is 6.08 Å². The van der Waals surface area contributed by atoms with Crippen LogP contribution in [-0.4, -0.2) is 47.2 Å². The zero-order valence-corrected chi connectivity index (χ0v) is 15.9. The Bertz CT molecular complexity index is 724. The van der Waals surface area contributed by atoms with Gasteiger partial charge < -0.3 is 21.1 Å². The SMILES string of the molecule is CNC(=O)/C(N)=C/N(N)CC(F)CCN(N)/C=C/Cc1cc(C(F)(F)F)ccn1. The number of likely N-dealkylation sites (N-methyl/N-ethyl adjacent to an activating group) is 1. The number of nitrogens with zero attached hydrogens (tertiary/aromatic N) is 3. The largest absolute Gasteiger partial charge is 0.416 e. The van der Waals surface area contributed by atoms with E-state index < -0.39 is 23.8 Å². The van der Waals surface area contributed by atoms with Crippen LogP contribution < -0.4 is 22.7 Å². The molecule has 0 aliphatic rings. The van der Waals surface area contributed by atoms with E-state index in [9.17, 15) is 22.4 Å². The van der Waals surface area contributed by atoms with E-state index in [1.165, 1.54) is 24.3 Å². The third-order valence-electron chi connectivity index (χ3n) is 3.67. The Hall–Kier alpha value is -2.86. The molecule has 12 heteroatoms. The molecule has 0 radical (unpaired) electrons. The number of amides is 1. The highest BCUT2D eigenvalue weighted by Gasteiger charge is 2.30. The highest BCUT2D eigenvalue weighted by molar-refractivity contribution is 5.91. The highest BCUT2D eigenvalue weighted by atomic mass is 19.4. The highest BCUT2D eigenvalue weighted by Crippen LogP contribution is 2.29. The maximum absolute atomic E-state index is 14.0. The number of nitrogens with two attached hydrogens (primary N) is 3. The molecule has 0 aromatic carbocycles. The Labute approximate surface area is 166 Å². The lowest BCUT2D eigenvalue weighted by molar-refractivity contribution is -0.137. The number of hydrogen-bond acceptors (Lipinski definition) is 7. The predicted octanol–water partition coefficient (Wildman–Crippen LogP) is 0.782. The van der Waals surface area contributed by atoms with Crippen molar-refractivity contribution in [2.75, 3.05) is 20.1 Å². The van der Waals surface area contributed by atoms with Gasteiger partial charge in [-0.2, -0.15) is 13.2 Å². The Morgan fingerprint density at radius 1 is 1.34 bits per heavy atom. The van der Waals surface area contributed by atoms with Crippen molar-refractivity contribution in [3.8, 4) is 0 Å². The molecule has 1 aromatic heterocycles. The van der Waals surface area contributed by atoms with Gasteiger partial charge in [-0.15, -0.1) is 0 Å². The van der Waals surface area contributed by atoms with Crippen LogP contribution >= 0.6 is 0 Å². The second-order valence-electron chi connectivity index (χ2n) is 6.11. The Balaban J connectivity index is 2.43. The number of carbonyl (C=O) groups excluding carboxylic acids is 1. The smallest absolute Gasteiger partial charge is 0.393 e. The Morgan fingerprint density at radius 2 is 2.03 bits per heavy atom. The van der Waals surface area contributed by atoms with Crippen molar-refractivity contribution < 1.29 is 22.4 Å². The summed E-state index contributed by atoms with van der Waals surface area (Å²) < 4.78 is 52.0. The van der Waals surface area contributed by atoms with Gasteiger partial charge in [-0.3, -0.25) is 9.78 Å². The monoisotopic (exact) mass is 419 g/mol. The standard InChI is InChI=1S/C17H25F4N7O/c1-25-16(29)15(22)11-28(24)10-13(18)5-8-27(23)7-2-3-14-9-12(4-6-26-14)17(19,20)21/h2,4,6-7,9,11,13H,3,5,8,10,22-24H2,1H3,(H,25,29)/b7-2+,15-11-. The summed E-state index contributed by atoms with van der Waals surface area (Å²) in [4.78, 5) is 15.1. The maximum Gasteiger partial charge on any atom is 0.416 e. The molecule has 1 amide bonds. The van der Waals surface area contributed by atoms with Crippen LogP contribution in [0.1, 0.15) is 17.7 Å². The molecule has 162 valence electrons. The lowest BCUT2D eigenvalue weighted by Crippen LogP contribution is -2.36. The van der Waals surface area contributed by atoms with Crippen LogP contribution in [0, 0.1) is 0 Å². The molecule has 0 aliphatic carbocycles. The van der Waals surface area contributed by atoms with Crippen molar-refractivity contribution >= 4 is 5.91 Å². The maximum atomic E-state index is 14.0. The normalized spacial score (nSPS) is 13.4. The lowest BCUT2D eigenvalue weighted by Gasteiger charge is -2.19. The third-order valence-corrected chi connectivity index (χ3v) is 3.67. The Morgan fingerprint density at radius 3 is 2.66 bits per heavy atom. The number of aromatic nitrogens is 1. The van der Waals surface area contributed by atoms with E-state index in [0.29, 0.717) is 0 Å². The van der Waals surface area contributed by atoms with Gasteiger partial charge in [0.2, 0.25) is 0 Å². The lowest BCUT2D eigenvalue weighted by atomic mass is 10.2. The van der Waals surface area contributed by atoms with Gasteiger partial charge in [-0.05, 0) is 18.6 Å². The number of nitrogens with one attached hydrogen (secondary N) is 1. The molecule has 0 fully saturated rings. The number of hydrogen-bond donors (Lipinski definition) is 4. The third kappa shape index (κ3) is 9.25. The first-order chi connectivity index (χ1) is 13.5. The van der Waals surface area contributed by atoms with Crippen molar-refractivity contribution in [2.45, 2.75) is 25.2 Å². The fourth-order valence-electron chi connectivity index (χ4n) is 2.19. The summed E-state index contributed by atoms with van der Waals surface area (Å²) >= 11 is 0. The average Bonchev–Trinajstić information content (AvgIpc) is 2.65. The van der Waals surface area contributed by atoms with E-state index in [0.717, 1.165) is 29.5 Å². The number of halogens is 4. The molecule has 29 heavy (non-hydrogen) atoms. The van der Waals surface area contributed by atoms with E-state index in [2.05, 4.69) is 10.3 Å². The minimum Gasteiger partial charge on any atom is -0.393 e. The summed E-state index contributed by atoms with van der Waals surface area (Å²) in [6, 6.07) is 1.85. The number of alkyl halides is 4. The summed E-state index contributed by atoms with van der Waals surface area (Å²) in [6.45, 7) is -0.0699. The summed E-state index contributed by atoms with van der Waals surface area (Å²) in [5, 5.41) is 4.47. The molecule has 0 bridgehead atoms. The zero-order chi connectivity index (χ0) is 22.0. The molecule has 0 spiro atoms. The molecule has 0 aliphatic heterocycles. The molecule has 1 rings (SSSR count). The van der Waals surface area contributed by atoms with Gasteiger partial charge >= 0.3 is 6.18 Å². The second-order valence-corrected chi connectivity index (χ2v) is 6.11. The van der Waals surface area contributed by atoms with E-state index >= 15 is 0 Å². The molecule has 1 atom stereocenters. The van der Waals surface area contributed by atoms with Gasteiger partial charge in [0.05, 0.1) is 12.1 Å². The van der Waals surface area contributed by atoms with Gasteiger partial charge in [0.1, 0.15) is 11.9 Å². The molecule has 8 nitrogen and oxygen atoms in total. The fourth-order valence-corrected chi connectivity index (χ4v) is 2.19. The van der Waals surface area contributed by atoms with Crippen LogP contribution in [0.4, 0.5) is 17.6 Å². The molecule has 1 heterocycles. The van der Waals surface area contributed by atoms with Crippen molar-refractivity contribution in [2.24, 2.45) is 17.4 Å². The Kier molecular flexibility index (Phi) is 9.35. The van der Waals surface area contributed by atoms with Gasteiger partial charge in [0.25, 0.3) is 5.91 Å². The van der Waals surface area contributed by atoms with Crippen molar-refractivity contribution in [3.05, 3.63) is 53.8 Å². The summed E-state index contributed by atoms with van der Waals surface area (Å²) in [5.41, 5.74) is 4.75. The van der Waals surface area contributed by atoms with Gasteiger partial charge in [0, 0.05) is 44.3 Å². The first-order valence-electron chi connectivity index (χ1n) is 8.57. The first-order valence-corrected chi connectivity index (χ1v) is 8.57. The zero-order valence-electron chi connectivity index (χ0n) is 15.9. The predicted molar refractivity (Wildman–Crippen MR) is 99.7 cm³/mol. The van der Waals surface area contributed by atoms with Crippen molar-refractivity contribution in [1.82, 2.24) is 20.3 Å². The van der Waals surface area contributed by atoms with E-state index in [4.69, 9.17) is 17.4 Å². The number of pyridine rings is 1. The van der Waals surface area contributed by atoms with Crippen LogP contribution in [0.15, 0.2) is 42.5 Å². The fraction of sp³-hybridized carbons (Fsp3) is 0.412. The molecular formula is C17H25F4N7O. The minimum atomic E-state index is -4.44. The van der Waals surface area contributed by atoms with Crippen LogP contribution in [0.25, 0.3) is 0 Å². The minimum absolute atomic E-state index is 0.0318. The summed E-state index contributed by atoms with van der Waals surface area (Å²) in [5.74, 6) is 10.7. The second kappa shape index (κ2) is 11.2. The van der Waals surface area contributed by atoms with Crippen molar-refractivity contribution in [1.29, 1.82) is 0 Å². The molecule has 1 unspecified atom stereocenters. The summed E-state index contributed by atoms with van der Waals surface area (Å²) in [7, 11) is 1.40. The number of hydrazine groups is 2. The van der Waals surface area contributed by atoms with Gasteiger partial charge in [-0.25, -0.2) is 16.1 Å². The quantitative estimate of drug-likeness (QED) is 0.191. The molecule has 7 N–H and O–H groups in total. The van der Waals surface area contributed by atoms with Crippen LogP contribution in [-0.2, 0) is 17.4 Å². The molecular weight excluding hydrogens is 394 g/mol. The van der Waals surface area contributed by atoms with E-state index in [1.54, 1.807) is 0 Å². The average molecular weight is 419 g/mol. The topological polar surface area (TPSA) is 127 Å². The number of carbonyl (C=O) groups is 1. The number of allylic oxidation sites excluding steroid dienone is 1. The molecule has 0 saturated carbocycles.